The fourth-order valence-electron chi connectivity index (χ4n) is 3.18. The summed E-state index contributed by atoms with van der Waals surface area (Å²) in [4.78, 5) is 64.3. The van der Waals surface area contributed by atoms with Crippen LogP contribution in [0.2, 0.25) is 0 Å². The van der Waals surface area contributed by atoms with E-state index in [0.29, 0.717) is 5.56 Å². The van der Waals surface area contributed by atoms with Crippen molar-refractivity contribution in [3.63, 3.8) is 0 Å². The van der Waals surface area contributed by atoms with Crippen LogP contribution in [0.1, 0.15) is 21.5 Å². The number of nitrogens with zero attached hydrogens (tertiary/aromatic N) is 1. The molecule has 3 aromatic rings. The highest BCUT2D eigenvalue weighted by Crippen LogP contribution is 2.12. The van der Waals surface area contributed by atoms with Gasteiger partial charge in [-0.05, 0) is 23.3 Å². The molecule has 0 aliphatic rings. The van der Waals surface area contributed by atoms with Crippen LogP contribution in [-0.2, 0) is 32.2 Å². The number of benzene rings is 3. The molecule has 0 heterocycles. The molecule has 38 heavy (non-hydrogen) atoms. The molecule has 0 saturated carbocycles. The molecule has 3 aromatic carbocycles. The largest absolute Gasteiger partial charge is 0.445 e. The van der Waals surface area contributed by atoms with Crippen LogP contribution in [-0.4, -0.2) is 41.4 Å². The lowest BCUT2D eigenvalue weighted by Gasteiger charge is -2.18. The number of non-ortho nitro benzene ring substituents is 1. The van der Waals surface area contributed by atoms with Gasteiger partial charge in [-0.15, -0.1) is 0 Å². The van der Waals surface area contributed by atoms with Crippen molar-refractivity contribution in [1.82, 2.24) is 16.1 Å². The molecule has 1 atom stereocenters. The van der Waals surface area contributed by atoms with Crippen LogP contribution in [0.3, 0.4) is 0 Å². The summed E-state index contributed by atoms with van der Waals surface area (Å²) in [7, 11) is 0. The maximum Gasteiger partial charge on any atom is 0.407 e. The van der Waals surface area contributed by atoms with Gasteiger partial charge in [-0.1, -0.05) is 60.7 Å². The van der Waals surface area contributed by atoms with Crippen LogP contribution in [0.15, 0.2) is 84.9 Å². The van der Waals surface area contributed by atoms with E-state index >= 15 is 0 Å². The van der Waals surface area contributed by atoms with Crippen molar-refractivity contribution in [3.05, 3.63) is 112 Å². The molecule has 0 spiro atoms. The molecule has 0 aliphatic heterocycles. The van der Waals surface area contributed by atoms with E-state index in [0.717, 1.165) is 17.7 Å². The Bertz CT molecular complexity index is 1270. The van der Waals surface area contributed by atoms with Gasteiger partial charge in [-0.25, -0.2) is 9.59 Å². The Kier molecular flexibility index (Phi) is 9.87. The van der Waals surface area contributed by atoms with E-state index in [4.69, 9.17) is 9.57 Å². The molecule has 3 rings (SSSR count). The summed E-state index contributed by atoms with van der Waals surface area (Å²) in [5.74, 6) is -2.47. The van der Waals surface area contributed by atoms with Crippen molar-refractivity contribution in [2.24, 2.45) is 0 Å². The Morgan fingerprint density at radius 3 is 2.05 bits per heavy atom. The van der Waals surface area contributed by atoms with Crippen LogP contribution in [0.4, 0.5) is 10.5 Å². The minimum atomic E-state index is -1.16. The third-order valence-corrected chi connectivity index (χ3v) is 5.10. The average molecular weight is 520 g/mol. The number of nitro benzene ring substituents is 1. The molecule has 0 aromatic heterocycles. The second kappa shape index (κ2) is 13.7. The third kappa shape index (κ3) is 8.75. The number of nitro groups is 1. The van der Waals surface area contributed by atoms with Crippen LogP contribution >= 0.6 is 0 Å². The van der Waals surface area contributed by atoms with E-state index in [-0.39, 0.29) is 24.3 Å². The molecular formula is C26H24N4O8. The van der Waals surface area contributed by atoms with Crippen molar-refractivity contribution in [2.45, 2.75) is 19.1 Å². The number of hydroxylamine groups is 1. The summed E-state index contributed by atoms with van der Waals surface area (Å²) in [6, 6.07) is 21.2. The van der Waals surface area contributed by atoms with Gasteiger partial charge < -0.3 is 20.2 Å². The van der Waals surface area contributed by atoms with Crippen LogP contribution in [0, 0.1) is 10.1 Å². The number of amides is 3. The summed E-state index contributed by atoms with van der Waals surface area (Å²) in [5.41, 5.74) is 3.24. The topological polar surface area (TPSA) is 166 Å². The summed E-state index contributed by atoms with van der Waals surface area (Å²) >= 11 is 0. The minimum Gasteiger partial charge on any atom is -0.445 e. The number of carbonyl (C=O) groups excluding carboxylic acids is 4. The monoisotopic (exact) mass is 520 g/mol. The SMILES string of the molecule is O=C(CNC(=O)OCc1ccccc1)N[C@@H](Cc1ccccc1)C(=O)NOC(=O)c1ccc([N+](=O)[O-])cc1. The smallest absolute Gasteiger partial charge is 0.407 e. The number of carbonyl (C=O) groups is 4. The van der Waals surface area contributed by atoms with Gasteiger partial charge in [0.2, 0.25) is 5.91 Å². The quantitative estimate of drug-likeness (QED) is 0.271. The molecule has 0 unspecified atom stereocenters. The Morgan fingerprint density at radius 1 is 0.842 bits per heavy atom. The molecule has 0 radical (unpaired) electrons. The number of hydrogen-bond donors (Lipinski definition) is 3. The van der Waals surface area contributed by atoms with E-state index in [1.165, 1.54) is 12.1 Å². The van der Waals surface area contributed by atoms with Gasteiger partial charge in [0.05, 0.1) is 10.5 Å². The highest BCUT2D eigenvalue weighted by molar-refractivity contribution is 5.92. The Hall–Kier alpha value is -5.26. The molecule has 0 fully saturated rings. The molecule has 0 aliphatic carbocycles. The number of nitrogens with one attached hydrogen (secondary N) is 3. The highest BCUT2D eigenvalue weighted by atomic mass is 16.7. The molecule has 196 valence electrons. The maximum atomic E-state index is 12.8. The molecule has 0 bridgehead atoms. The highest BCUT2D eigenvalue weighted by Gasteiger charge is 2.23. The minimum absolute atomic E-state index is 0.0213. The van der Waals surface area contributed by atoms with Crippen molar-refractivity contribution >= 4 is 29.6 Å². The van der Waals surface area contributed by atoms with Gasteiger partial charge in [-0.3, -0.25) is 19.7 Å². The Morgan fingerprint density at radius 2 is 1.45 bits per heavy atom. The zero-order chi connectivity index (χ0) is 27.3. The van der Waals surface area contributed by atoms with Crippen molar-refractivity contribution in [3.8, 4) is 0 Å². The van der Waals surface area contributed by atoms with Crippen molar-refractivity contribution in [1.29, 1.82) is 0 Å². The number of rotatable bonds is 10. The van der Waals surface area contributed by atoms with Gasteiger partial charge in [0.1, 0.15) is 19.2 Å². The Labute approximate surface area is 217 Å². The number of ether oxygens (including phenoxy) is 1. The van der Waals surface area contributed by atoms with Crippen molar-refractivity contribution < 1.29 is 33.7 Å². The molecular weight excluding hydrogens is 496 g/mol. The van der Waals surface area contributed by atoms with Crippen LogP contribution in [0.25, 0.3) is 0 Å². The van der Waals surface area contributed by atoms with Crippen molar-refractivity contribution in [2.75, 3.05) is 6.54 Å². The zero-order valence-electron chi connectivity index (χ0n) is 20.0. The molecule has 12 heteroatoms. The standard InChI is InChI=1S/C26H24N4O8/c31-23(16-27-26(34)37-17-19-9-5-2-6-10-19)28-22(15-18-7-3-1-4-8-18)24(32)29-38-25(33)20-11-13-21(14-12-20)30(35)36/h1-14,22H,15-17H2,(H,27,34)(H,28,31)(H,29,32)/t22-/m0/s1. The van der Waals surface area contributed by atoms with E-state index in [1.807, 2.05) is 11.5 Å². The second-order valence-corrected chi connectivity index (χ2v) is 7.88. The van der Waals surface area contributed by atoms with Gasteiger partial charge in [0.25, 0.3) is 11.6 Å². The lowest BCUT2D eigenvalue weighted by atomic mass is 10.1. The van der Waals surface area contributed by atoms with E-state index in [9.17, 15) is 29.3 Å². The summed E-state index contributed by atoms with van der Waals surface area (Å²) in [6.45, 7) is -0.442. The predicted octanol–water partition coefficient (Wildman–Crippen LogP) is 2.44. The summed E-state index contributed by atoms with van der Waals surface area (Å²) in [5, 5.41) is 15.6. The predicted molar refractivity (Wildman–Crippen MR) is 133 cm³/mol. The molecule has 12 nitrogen and oxygen atoms in total. The van der Waals surface area contributed by atoms with E-state index in [1.54, 1.807) is 54.6 Å². The maximum absolute atomic E-state index is 12.8. The molecule has 0 saturated heterocycles. The Balaban J connectivity index is 1.54. The van der Waals surface area contributed by atoms with Crippen LogP contribution in [0.5, 0.6) is 0 Å². The van der Waals surface area contributed by atoms with Gasteiger partial charge in [0.15, 0.2) is 0 Å². The average Bonchev–Trinajstić information content (AvgIpc) is 2.94. The van der Waals surface area contributed by atoms with E-state index < -0.39 is 41.4 Å². The number of alkyl carbamates (subject to hydrolysis) is 1. The second-order valence-electron chi connectivity index (χ2n) is 7.88. The third-order valence-electron chi connectivity index (χ3n) is 5.10. The van der Waals surface area contributed by atoms with E-state index in [2.05, 4.69) is 10.6 Å². The van der Waals surface area contributed by atoms with Gasteiger partial charge in [0, 0.05) is 18.6 Å². The first kappa shape index (κ1) is 27.3. The molecule has 3 amide bonds. The molecule has 3 N–H and O–H groups in total. The lowest BCUT2D eigenvalue weighted by Crippen LogP contribution is -2.50. The first-order valence-electron chi connectivity index (χ1n) is 11.3. The normalized spacial score (nSPS) is 10.9. The zero-order valence-corrected chi connectivity index (χ0v) is 20.0. The summed E-state index contributed by atoms with van der Waals surface area (Å²) in [6.07, 6.45) is -0.753. The fourth-order valence-corrected chi connectivity index (χ4v) is 3.18. The number of hydrogen-bond acceptors (Lipinski definition) is 8. The first-order valence-corrected chi connectivity index (χ1v) is 11.3. The summed E-state index contributed by atoms with van der Waals surface area (Å²) < 4.78 is 5.05. The fraction of sp³-hybridized carbons (Fsp3) is 0.154. The first-order chi connectivity index (χ1) is 18.3. The lowest BCUT2D eigenvalue weighted by molar-refractivity contribution is -0.384. The van der Waals surface area contributed by atoms with Gasteiger partial charge >= 0.3 is 12.1 Å². The van der Waals surface area contributed by atoms with Gasteiger partial charge in [-0.2, -0.15) is 5.48 Å². The van der Waals surface area contributed by atoms with Crippen LogP contribution < -0.4 is 16.1 Å².